The van der Waals surface area contributed by atoms with Gasteiger partial charge in [0, 0.05) is 43.7 Å². The summed E-state index contributed by atoms with van der Waals surface area (Å²) in [4.78, 5) is 6.91. The lowest BCUT2D eigenvalue weighted by Gasteiger charge is -2.32. The van der Waals surface area contributed by atoms with E-state index in [-0.39, 0.29) is 29.7 Å². The van der Waals surface area contributed by atoms with Crippen LogP contribution in [0.3, 0.4) is 0 Å². The summed E-state index contributed by atoms with van der Waals surface area (Å²) in [7, 11) is -1.61. The van der Waals surface area contributed by atoms with E-state index in [1.54, 1.807) is 31.3 Å². The van der Waals surface area contributed by atoms with Gasteiger partial charge in [-0.2, -0.15) is 0 Å². The molecule has 9 heteroatoms. The maximum Gasteiger partial charge on any atom is 0.191 e. The third-order valence-corrected chi connectivity index (χ3v) is 6.64. The second-order valence-corrected chi connectivity index (χ2v) is 9.30. The molecule has 0 spiro atoms. The van der Waals surface area contributed by atoms with E-state index in [1.807, 2.05) is 6.08 Å². The van der Waals surface area contributed by atoms with E-state index in [4.69, 9.17) is 0 Å². The van der Waals surface area contributed by atoms with Gasteiger partial charge in [-0.3, -0.25) is 9.89 Å². The highest BCUT2D eigenvalue weighted by molar-refractivity contribution is 14.0. The Morgan fingerprint density at radius 2 is 1.96 bits per heavy atom. The number of benzene rings is 1. The van der Waals surface area contributed by atoms with E-state index in [0.29, 0.717) is 23.4 Å². The van der Waals surface area contributed by atoms with Gasteiger partial charge in [0.25, 0.3) is 0 Å². The Morgan fingerprint density at radius 3 is 2.52 bits per heavy atom. The van der Waals surface area contributed by atoms with Crippen LogP contribution in [0.4, 0.5) is 0 Å². The number of nitrogens with one attached hydrogen (secondary N) is 2. The lowest BCUT2D eigenvalue weighted by molar-refractivity contribution is 0.225. The molecule has 1 aliphatic rings. The van der Waals surface area contributed by atoms with Crippen LogP contribution in [0.2, 0.25) is 0 Å². The first-order valence-electron chi connectivity index (χ1n) is 8.73. The monoisotopic (exact) mass is 570 g/mol. The normalized spacial score (nSPS) is 16.4. The predicted molar refractivity (Wildman–Crippen MR) is 126 cm³/mol. The second-order valence-electron chi connectivity index (χ2n) is 6.28. The van der Waals surface area contributed by atoms with Crippen LogP contribution in [0.1, 0.15) is 12.8 Å². The van der Waals surface area contributed by atoms with Crippen LogP contribution in [-0.4, -0.2) is 64.3 Å². The van der Waals surface area contributed by atoms with Crippen molar-refractivity contribution in [1.29, 1.82) is 0 Å². The molecule has 152 valence electrons. The number of aliphatic imine (C=N–C) groups is 1. The van der Waals surface area contributed by atoms with Gasteiger partial charge < -0.3 is 10.6 Å². The molecule has 0 amide bonds. The Labute approximate surface area is 188 Å². The van der Waals surface area contributed by atoms with Crippen molar-refractivity contribution < 1.29 is 8.42 Å². The average molecular weight is 571 g/mol. The van der Waals surface area contributed by atoms with Gasteiger partial charge in [0.15, 0.2) is 15.8 Å². The van der Waals surface area contributed by atoms with Crippen LogP contribution in [-0.2, 0) is 9.84 Å². The lowest BCUT2D eigenvalue weighted by atomic mass is 10.1. The summed E-state index contributed by atoms with van der Waals surface area (Å²) in [6.07, 6.45) is 4.00. The number of nitrogens with zero attached hydrogens (tertiary/aromatic N) is 2. The van der Waals surface area contributed by atoms with E-state index >= 15 is 0 Å². The third-order valence-electron chi connectivity index (χ3n) is 4.38. The molecule has 0 aromatic heterocycles. The number of rotatable bonds is 7. The van der Waals surface area contributed by atoms with Gasteiger partial charge in [-0.25, -0.2) is 8.42 Å². The molecule has 27 heavy (non-hydrogen) atoms. The average Bonchev–Trinajstić information content (AvgIpc) is 2.63. The van der Waals surface area contributed by atoms with Crippen LogP contribution < -0.4 is 10.6 Å². The van der Waals surface area contributed by atoms with Crippen LogP contribution in [0, 0.1) is 0 Å². The molecule has 0 radical (unpaired) electrons. The summed E-state index contributed by atoms with van der Waals surface area (Å²) < 4.78 is 25.6. The predicted octanol–water partition coefficient (Wildman–Crippen LogP) is 2.66. The topological polar surface area (TPSA) is 73.8 Å². The van der Waals surface area contributed by atoms with Crippen molar-refractivity contribution in [2.24, 2.45) is 4.99 Å². The number of sulfone groups is 1. The molecule has 2 N–H and O–H groups in total. The Morgan fingerprint density at radius 1 is 1.33 bits per heavy atom. The number of piperidine rings is 1. The molecule has 2 rings (SSSR count). The van der Waals surface area contributed by atoms with Crippen molar-refractivity contribution in [2.45, 2.75) is 23.8 Å². The first-order valence-corrected chi connectivity index (χ1v) is 11.2. The van der Waals surface area contributed by atoms with Gasteiger partial charge in [0.2, 0.25) is 0 Å². The molecule has 1 saturated heterocycles. The maximum absolute atomic E-state index is 12.4. The zero-order chi connectivity index (χ0) is 19.0. The minimum atomic E-state index is -3.31. The fourth-order valence-electron chi connectivity index (χ4n) is 2.89. The van der Waals surface area contributed by atoms with Crippen molar-refractivity contribution in [3.8, 4) is 0 Å². The maximum atomic E-state index is 12.4. The molecule has 0 bridgehead atoms. The van der Waals surface area contributed by atoms with E-state index in [2.05, 4.69) is 43.0 Å². The summed E-state index contributed by atoms with van der Waals surface area (Å²) >= 11 is 3.31. The molecule has 0 saturated carbocycles. The zero-order valence-corrected chi connectivity index (χ0v) is 20.3. The Bertz CT molecular complexity index is 717. The minimum Gasteiger partial charge on any atom is -0.355 e. The van der Waals surface area contributed by atoms with Gasteiger partial charge in [0.1, 0.15) is 0 Å². The number of hydrogen-bond donors (Lipinski definition) is 2. The van der Waals surface area contributed by atoms with E-state index in [0.717, 1.165) is 36.9 Å². The van der Waals surface area contributed by atoms with E-state index in [9.17, 15) is 8.42 Å². The van der Waals surface area contributed by atoms with E-state index in [1.165, 1.54) is 0 Å². The van der Waals surface area contributed by atoms with Crippen molar-refractivity contribution in [3.05, 3.63) is 41.4 Å². The van der Waals surface area contributed by atoms with Gasteiger partial charge in [-0.15, -0.1) is 30.6 Å². The number of hydrogen-bond acceptors (Lipinski definition) is 4. The zero-order valence-electron chi connectivity index (χ0n) is 15.5. The molecule has 1 aliphatic heterocycles. The fourth-order valence-corrected chi connectivity index (χ4v) is 4.32. The summed E-state index contributed by atoms with van der Waals surface area (Å²) in [5, 5.41) is 6.50. The third kappa shape index (κ3) is 8.08. The Kier molecular flexibility index (Phi) is 10.9. The molecular weight excluding hydrogens is 543 g/mol. The summed E-state index contributed by atoms with van der Waals surface area (Å²) in [5.41, 5.74) is 0. The SMILES string of the molecule is C=CCN1CCC(NC(=NC)NCCS(=O)(=O)c2ccc(Br)cc2)CC1.I. The van der Waals surface area contributed by atoms with Crippen molar-refractivity contribution in [3.63, 3.8) is 0 Å². The number of likely N-dealkylation sites (tertiary alicyclic amines) is 1. The first-order chi connectivity index (χ1) is 12.4. The highest BCUT2D eigenvalue weighted by Gasteiger charge is 2.19. The largest absolute Gasteiger partial charge is 0.355 e. The molecule has 1 fully saturated rings. The van der Waals surface area contributed by atoms with Gasteiger partial charge in [0.05, 0.1) is 10.6 Å². The van der Waals surface area contributed by atoms with Crippen LogP contribution >= 0.6 is 39.9 Å². The molecule has 6 nitrogen and oxygen atoms in total. The molecule has 1 aromatic carbocycles. The summed E-state index contributed by atoms with van der Waals surface area (Å²) in [6.45, 7) is 7.07. The quantitative estimate of drug-likeness (QED) is 0.228. The van der Waals surface area contributed by atoms with Gasteiger partial charge in [-0.1, -0.05) is 22.0 Å². The number of guanidine groups is 1. The Balaban J connectivity index is 0.00000364. The smallest absolute Gasteiger partial charge is 0.191 e. The molecule has 1 heterocycles. The van der Waals surface area contributed by atoms with Crippen molar-refractivity contribution in [2.75, 3.05) is 39.0 Å². The Hall–Kier alpha value is -0.650. The fraction of sp³-hybridized carbons (Fsp3) is 0.500. The molecule has 0 atom stereocenters. The minimum absolute atomic E-state index is 0. The van der Waals surface area contributed by atoms with Crippen molar-refractivity contribution >= 4 is 55.7 Å². The molecular formula is C18H28BrIN4O2S. The molecule has 0 unspecified atom stereocenters. The highest BCUT2D eigenvalue weighted by atomic mass is 127. The molecule has 0 aliphatic carbocycles. The summed E-state index contributed by atoms with van der Waals surface area (Å²) in [6, 6.07) is 7.05. The first kappa shape index (κ1) is 24.4. The van der Waals surface area contributed by atoms with Gasteiger partial charge in [-0.05, 0) is 37.1 Å². The van der Waals surface area contributed by atoms with Crippen LogP contribution in [0.25, 0.3) is 0 Å². The number of halogens is 2. The van der Waals surface area contributed by atoms with Crippen molar-refractivity contribution in [1.82, 2.24) is 15.5 Å². The molecule has 1 aromatic rings. The highest BCUT2D eigenvalue weighted by Crippen LogP contribution is 2.15. The lowest BCUT2D eigenvalue weighted by Crippen LogP contribution is -2.49. The second kappa shape index (κ2) is 12.0. The summed E-state index contributed by atoms with van der Waals surface area (Å²) in [5.74, 6) is 0.672. The van der Waals surface area contributed by atoms with E-state index < -0.39 is 9.84 Å². The standard InChI is InChI=1S/C18H27BrN4O2S.HI/c1-3-11-23-12-8-16(9-13-23)22-18(20-2)21-10-14-26(24,25)17-6-4-15(19)5-7-17;/h3-7,16H,1,8-14H2,2H3,(H2,20,21,22);1H. The van der Waals surface area contributed by atoms with Gasteiger partial charge >= 0.3 is 0 Å². The van der Waals surface area contributed by atoms with Crippen LogP contribution in [0.5, 0.6) is 0 Å². The van der Waals surface area contributed by atoms with Crippen LogP contribution in [0.15, 0.2) is 51.3 Å².